The number of methoxy groups -OCH3 is 1. The third-order valence-electron chi connectivity index (χ3n) is 5.10. The molecule has 1 atom stereocenters. The molecule has 5 nitrogen and oxygen atoms in total. The van der Waals surface area contributed by atoms with E-state index >= 15 is 0 Å². The van der Waals surface area contributed by atoms with Crippen LogP contribution < -0.4 is 5.73 Å². The van der Waals surface area contributed by atoms with Crippen LogP contribution in [0.2, 0.25) is 0 Å². The first-order valence-corrected chi connectivity index (χ1v) is 9.66. The number of primary amides is 1. The molecule has 1 saturated heterocycles. The number of nitrogens with two attached hydrogens (primary N) is 1. The third-order valence-corrected chi connectivity index (χ3v) is 5.78. The highest BCUT2D eigenvalue weighted by Gasteiger charge is 2.44. The van der Waals surface area contributed by atoms with Crippen LogP contribution in [-0.2, 0) is 20.7 Å². The lowest BCUT2D eigenvalue weighted by Crippen LogP contribution is -2.42. The molecule has 138 valence electrons. The summed E-state index contributed by atoms with van der Waals surface area (Å²) in [7, 11) is 1.57. The highest BCUT2D eigenvalue weighted by Crippen LogP contribution is 2.35. The molecule has 6 heteroatoms. The number of rotatable bonds is 7. The summed E-state index contributed by atoms with van der Waals surface area (Å²) in [5.74, 6) is -0.316. The number of hydrogen-bond donors (Lipinski definition) is 1. The largest absolute Gasteiger partial charge is 0.384 e. The van der Waals surface area contributed by atoms with Crippen molar-refractivity contribution < 1.29 is 14.3 Å². The van der Waals surface area contributed by atoms with Crippen molar-refractivity contribution in [2.45, 2.75) is 19.3 Å². The normalized spacial score (nSPS) is 19.7. The maximum absolute atomic E-state index is 12.2. The molecule has 1 fully saturated rings. The van der Waals surface area contributed by atoms with Crippen molar-refractivity contribution >= 4 is 23.2 Å². The molecule has 1 aromatic heterocycles. The summed E-state index contributed by atoms with van der Waals surface area (Å²) in [6.07, 6.45) is 1.49. The first-order chi connectivity index (χ1) is 12.5. The van der Waals surface area contributed by atoms with Crippen molar-refractivity contribution in [1.82, 2.24) is 4.90 Å². The number of nitrogens with zero attached hydrogens (tertiary/aromatic N) is 1. The quantitative estimate of drug-likeness (QED) is 0.812. The highest BCUT2D eigenvalue weighted by atomic mass is 32.1. The summed E-state index contributed by atoms with van der Waals surface area (Å²) in [6, 6.07) is 10.3. The fraction of sp³-hybridized carbons (Fsp3) is 0.400. The summed E-state index contributed by atoms with van der Waals surface area (Å²) >= 11 is 1.67. The number of amides is 2. The van der Waals surface area contributed by atoms with Gasteiger partial charge in [-0.15, -0.1) is 0 Å². The minimum absolute atomic E-state index is 0.0165. The molecule has 26 heavy (non-hydrogen) atoms. The van der Waals surface area contributed by atoms with Gasteiger partial charge in [-0.05, 0) is 46.4 Å². The van der Waals surface area contributed by atoms with Gasteiger partial charge in [-0.25, -0.2) is 0 Å². The Morgan fingerprint density at radius 3 is 2.62 bits per heavy atom. The second kappa shape index (κ2) is 8.01. The van der Waals surface area contributed by atoms with Crippen molar-refractivity contribution in [3.8, 4) is 11.1 Å². The van der Waals surface area contributed by atoms with Crippen LogP contribution in [0.25, 0.3) is 11.1 Å². The Kier molecular flexibility index (Phi) is 5.74. The number of carbonyl (C=O) groups is 2. The van der Waals surface area contributed by atoms with Crippen LogP contribution in [0.4, 0.5) is 0 Å². The van der Waals surface area contributed by atoms with E-state index < -0.39 is 5.41 Å². The van der Waals surface area contributed by atoms with E-state index in [1.165, 1.54) is 5.56 Å². The van der Waals surface area contributed by atoms with Gasteiger partial charge in [0.2, 0.25) is 11.8 Å². The second-order valence-corrected chi connectivity index (χ2v) is 7.62. The summed E-state index contributed by atoms with van der Waals surface area (Å²) in [6.45, 7) is 1.35. The van der Waals surface area contributed by atoms with Crippen molar-refractivity contribution in [2.24, 2.45) is 11.1 Å². The van der Waals surface area contributed by atoms with Gasteiger partial charge >= 0.3 is 0 Å². The van der Waals surface area contributed by atoms with Crippen LogP contribution in [0.5, 0.6) is 0 Å². The third kappa shape index (κ3) is 3.97. The van der Waals surface area contributed by atoms with Crippen molar-refractivity contribution in [3.63, 3.8) is 0 Å². The summed E-state index contributed by atoms with van der Waals surface area (Å²) in [5.41, 5.74) is 8.48. The Labute approximate surface area is 157 Å². The maximum Gasteiger partial charge on any atom is 0.225 e. The Morgan fingerprint density at radius 2 is 2.00 bits per heavy atom. The number of thiophene rings is 1. The van der Waals surface area contributed by atoms with Gasteiger partial charge < -0.3 is 15.4 Å². The molecule has 0 radical (unpaired) electrons. The lowest BCUT2D eigenvalue weighted by Gasteiger charge is -2.26. The Balaban J connectivity index is 1.71. The molecule has 0 spiro atoms. The zero-order chi connectivity index (χ0) is 18.6. The molecule has 2 aromatic rings. The van der Waals surface area contributed by atoms with Gasteiger partial charge in [0.05, 0.1) is 18.4 Å². The highest BCUT2D eigenvalue weighted by molar-refractivity contribution is 7.08. The van der Waals surface area contributed by atoms with Crippen LogP contribution in [0.15, 0.2) is 41.1 Å². The average molecular weight is 372 g/mol. The van der Waals surface area contributed by atoms with E-state index in [1.54, 1.807) is 23.3 Å². The van der Waals surface area contributed by atoms with Crippen molar-refractivity contribution in [3.05, 3.63) is 46.7 Å². The molecular formula is C20H24N2O3S. The summed E-state index contributed by atoms with van der Waals surface area (Å²) in [5, 5.41) is 4.17. The van der Waals surface area contributed by atoms with Gasteiger partial charge in [0, 0.05) is 20.2 Å². The number of carbonyl (C=O) groups excluding carboxylic acids is 2. The Morgan fingerprint density at radius 1 is 1.23 bits per heavy atom. The molecule has 1 unspecified atom stereocenters. The van der Waals surface area contributed by atoms with Gasteiger partial charge in [-0.1, -0.05) is 24.3 Å². The zero-order valence-corrected chi connectivity index (χ0v) is 15.8. The predicted molar refractivity (Wildman–Crippen MR) is 103 cm³/mol. The average Bonchev–Trinajstić information content (AvgIpc) is 3.31. The molecule has 2 amide bonds. The van der Waals surface area contributed by atoms with Crippen molar-refractivity contribution in [1.29, 1.82) is 0 Å². The smallest absolute Gasteiger partial charge is 0.225 e. The SMILES string of the molecule is COCCC(=O)N1CCC(Cc2ccc(-c3ccsc3)cc2)(C(N)=O)C1. The molecule has 2 N–H and O–H groups in total. The molecule has 1 aliphatic heterocycles. The topological polar surface area (TPSA) is 72.6 Å². The van der Waals surface area contributed by atoms with Crippen LogP contribution in [0.3, 0.4) is 0 Å². The van der Waals surface area contributed by atoms with Crippen LogP contribution in [0.1, 0.15) is 18.4 Å². The number of ether oxygens (including phenoxy) is 1. The molecule has 1 aromatic carbocycles. The minimum Gasteiger partial charge on any atom is -0.384 e. The van der Waals surface area contributed by atoms with E-state index in [9.17, 15) is 9.59 Å². The molecule has 1 aliphatic rings. The molecule has 0 aliphatic carbocycles. The zero-order valence-electron chi connectivity index (χ0n) is 14.9. The number of likely N-dealkylation sites (tertiary alicyclic amines) is 1. The lowest BCUT2D eigenvalue weighted by molar-refractivity contribution is -0.132. The van der Waals surface area contributed by atoms with Crippen LogP contribution >= 0.6 is 11.3 Å². The number of hydrogen-bond acceptors (Lipinski definition) is 4. The minimum atomic E-state index is -0.688. The van der Waals surface area contributed by atoms with Crippen LogP contribution in [0, 0.1) is 5.41 Å². The Bertz CT molecular complexity index is 758. The van der Waals surface area contributed by atoms with Gasteiger partial charge in [0.1, 0.15) is 0 Å². The van der Waals surface area contributed by atoms with E-state index in [4.69, 9.17) is 10.5 Å². The van der Waals surface area contributed by atoms with Crippen molar-refractivity contribution in [2.75, 3.05) is 26.8 Å². The summed E-state index contributed by atoms with van der Waals surface area (Å²) < 4.78 is 4.97. The van der Waals surface area contributed by atoms with E-state index in [2.05, 4.69) is 29.0 Å². The van der Waals surface area contributed by atoms with Crippen LogP contribution in [-0.4, -0.2) is 43.5 Å². The molecule has 2 heterocycles. The second-order valence-electron chi connectivity index (χ2n) is 6.84. The van der Waals surface area contributed by atoms with E-state index in [-0.39, 0.29) is 11.8 Å². The van der Waals surface area contributed by atoms with Gasteiger partial charge in [0.25, 0.3) is 0 Å². The van der Waals surface area contributed by atoms with E-state index in [0.29, 0.717) is 39.0 Å². The fourth-order valence-corrected chi connectivity index (χ4v) is 4.16. The predicted octanol–water partition coefficient (Wildman–Crippen LogP) is 2.70. The standard InChI is InChI=1S/C20H24N2O3S/c1-25-10-6-18(23)22-9-8-20(14-22,19(21)24)12-15-2-4-16(5-3-15)17-7-11-26-13-17/h2-5,7,11,13H,6,8-10,12,14H2,1H3,(H2,21,24). The first kappa shape index (κ1) is 18.6. The molecule has 3 rings (SSSR count). The first-order valence-electron chi connectivity index (χ1n) is 8.72. The lowest BCUT2D eigenvalue weighted by atomic mass is 9.80. The fourth-order valence-electron chi connectivity index (χ4n) is 3.50. The van der Waals surface area contributed by atoms with E-state index in [0.717, 1.165) is 11.1 Å². The molecule has 0 bridgehead atoms. The van der Waals surface area contributed by atoms with Gasteiger partial charge in [-0.2, -0.15) is 11.3 Å². The maximum atomic E-state index is 12.2. The molecular weight excluding hydrogens is 348 g/mol. The molecule has 0 saturated carbocycles. The Hall–Kier alpha value is -2.18. The van der Waals surface area contributed by atoms with Gasteiger partial charge in [-0.3, -0.25) is 9.59 Å². The van der Waals surface area contributed by atoms with E-state index in [1.807, 2.05) is 12.1 Å². The van der Waals surface area contributed by atoms with Gasteiger partial charge in [0.15, 0.2) is 0 Å². The number of benzene rings is 1. The monoisotopic (exact) mass is 372 g/mol. The summed E-state index contributed by atoms with van der Waals surface area (Å²) in [4.78, 5) is 26.2.